The van der Waals surface area contributed by atoms with E-state index in [2.05, 4.69) is 5.32 Å². The zero-order valence-corrected chi connectivity index (χ0v) is 13.7. The Morgan fingerprint density at radius 1 is 1.21 bits per heavy atom. The quantitative estimate of drug-likeness (QED) is 0.663. The van der Waals surface area contributed by atoms with E-state index in [1.54, 1.807) is 6.07 Å². The molecular formula is C18H15ClN2O3. The highest BCUT2D eigenvalue weighted by molar-refractivity contribution is 6.32. The van der Waals surface area contributed by atoms with Gasteiger partial charge < -0.3 is 10.4 Å². The van der Waals surface area contributed by atoms with E-state index >= 15 is 0 Å². The number of phenolic OH excluding ortho intramolecular Hbond substituents is 1. The molecule has 1 fully saturated rings. The summed E-state index contributed by atoms with van der Waals surface area (Å²) in [7, 11) is 0. The molecule has 3 rings (SSSR count). The van der Waals surface area contributed by atoms with Gasteiger partial charge in [0.25, 0.3) is 5.91 Å². The van der Waals surface area contributed by atoms with Gasteiger partial charge in [0, 0.05) is 0 Å². The van der Waals surface area contributed by atoms with E-state index in [9.17, 15) is 14.7 Å². The Labute approximate surface area is 144 Å². The second kappa shape index (κ2) is 6.37. The fourth-order valence-electron chi connectivity index (χ4n) is 2.49. The fourth-order valence-corrected chi connectivity index (χ4v) is 2.68. The highest BCUT2D eigenvalue weighted by atomic mass is 35.5. The maximum absolute atomic E-state index is 12.5. The summed E-state index contributed by atoms with van der Waals surface area (Å²) in [6, 6.07) is 11.7. The number of carbonyl (C=O) groups excluding carboxylic acids is 2. The summed E-state index contributed by atoms with van der Waals surface area (Å²) >= 11 is 5.85. The number of nitrogens with one attached hydrogen (secondary N) is 1. The van der Waals surface area contributed by atoms with Crippen molar-refractivity contribution in [3.05, 3.63) is 69.9 Å². The molecule has 1 heterocycles. The smallest absolute Gasteiger partial charge is 0.329 e. The van der Waals surface area contributed by atoms with Crippen molar-refractivity contribution in [2.45, 2.75) is 13.5 Å². The lowest BCUT2D eigenvalue weighted by atomic mass is 10.1. The molecular weight excluding hydrogens is 328 g/mol. The topological polar surface area (TPSA) is 69.6 Å². The molecule has 0 radical (unpaired) electrons. The molecule has 0 spiro atoms. The van der Waals surface area contributed by atoms with Gasteiger partial charge in [-0.3, -0.25) is 9.69 Å². The molecule has 2 aromatic carbocycles. The van der Waals surface area contributed by atoms with Crippen molar-refractivity contribution in [2.75, 3.05) is 0 Å². The normalized spacial score (nSPS) is 15.9. The lowest BCUT2D eigenvalue weighted by molar-refractivity contribution is -0.123. The van der Waals surface area contributed by atoms with Gasteiger partial charge in [0.05, 0.1) is 11.6 Å². The summed E-state index contributed by atoms with van der Waals surface area (Å²) in [5.74, 6) is -0.438. The van der Waals surface area contributed by atoms with Gasteiger partial charge in [-0.05, 0) is 36.3 Å². The van der Waals surface area contributed by atoms with Gasteiger partial charge in [-0.2, -0.15) is 0 Å². The molecule has 3 amide bonds. The number of imide groups is 1. The number of hydrogen-bond donors (Lipinski definition) is 2. The van der Waals surface area contributed by atoms with Crippen molar-refractivity contribution in [1.82, 2.24) is 10.2 Å². The van der Waals surface area contributed by atoms with Crippen LogP contribution >= 0.6 is 11.6 Å². The molecule has 0 saturated carbocycles. The second-order valence-electron chi connectivity index (χ2n) is 5.58. The third-order valence-electron chi connectivity index (χ3n) is 3.67. The average molecular weight is 343 g/mol. The average Bonchev–Trinajstić information content (AvgIpc) is 2.79. The number of nitrogens with zero attached hydrogens (tertiary/aromatic N) is 1. The Kier molecular flexibility index (Phi) is 4.27. The Morgan fingerprint density at radius 3 is 2.71 bits per heavy atom. The van der Waals surface area contributed by atoms with Gasteiger partial charge >= 0.3 is 6.03 Å². The zero-order chi connectivity index (χ0) is 17.3. The van der Waals surface area contributed by atoms with Crippen LogP contribution in [0.15, 0.2) is 48.2 Å². The summed E-state index contributed by atoms with van der Waals surface area (Å²) in [5, 5.41) is 12.2. The van der Waals surface area contributed by atoms with E-state index in [1.165, 1.54) is 18.2 Å². The number of phenols is 1. The van der Waals surface area contributed by atoms with Crippen LogP contribution in [0.25, 0.3) is 6.08 Å². The minimum absolute atomic E-state index is 0.0401. The van der Waals surface area contributed by atoms with Crippen molar-refractivity contribution in [3.8, 4) is 5.75 Å². The summed E-state index contributed by atoms with van der Waals surface area (Å²) in [5.41, 5.74) is 2.73. The van der Waals surface area contributed by atoms with Gasteiger partial charge in [-0.15, -0.1) is 0 Å². The number of aryl methyl sites for hydroxylation is 1. The molecule has 1 aliphatic rings. The maximum Gasteiger partial charge on any atom is 0.329 e. The number of aromatic hydroxyl groups is 1. The van der Waals surface area contributed by atoms with E-state index in [4.69, 9.17) is 11.6 Å². The number of rotatable bonds is 3. The van der Waals surface area contributed by atoms with Crippen LogP contribution in [0.1, 0.15) is 16.7 Å². The molecule has 122 valence electrons. The number of hydrogen-bond acceptors (Lipinski definition) is 3. The second-order valence-corrected chi connectivity index (χ2v) is 5.99. The minimum Gasteiger partial charge on any atom is -0.506 e. The van der Waals surface area contributed by atoms with E-state index in [-0.39, 0.29) is 23.0 Å². The van der Waals surface area contributed by atoms with Crippen molar-refractivity contribution in [2.24, 2.45) is 0 Å². The molecule has 6 heteroatoms. The highest BCUT2D eigenvalue weighted by Gasteiger charge is 2.33. The Balaban J connectivity index is 1.83. The first-order chi connectivity index (χ1) is 11.4. The lowest BCUT2D eigenvalue weighted by Gasteiger charge is -2.12. The Bertz CT molecular complexity index is 861. The van der Waals surface area contributed by atoms with Crippen LogP contribution in [0, 0.1) is 6.92 Å². The van der Waals surface area contributed by atoms with Crippen LogP contribution in [0.4, 0.5) is 4.79 Å². The fraction of sp³-hybridized carbons (Fsp3) is 0.111. The van der Waals surface area contributed by atoms with Gasteiger partial charge in [0.1, 0.15) is 11.4 Å². The largest absolute Gasteiger partial charge is 0.506 e. The molecule has 2 aromatic rings. The molecule has 0 aromatic heterocycles. The molecule has 0 aliphatic carbocycles. The van der Waals surface area contributed by atoms with Crippen LogP contribution in [-0.2, 0) is 11.3 Å². The number of carbonyl (C=O) groups is 2. The van der Waals surface area contributed by atoms with Crippen LogP contribution in [0.2, 0.25) is 5.02 Å². The van der Waals surface area contributed by atoms with Crippen LogP contribution in [-0.4, -0.2) is 21.9 Å². The first kappa shape index (κ1) is 16.1. The van der Waals surface area contributed by atoms with Gasteiger partial charge in [-0.25, -0.2) is 4.79 Å². The van der Waals surface area contributed by atoms with Crippen LogP contribution in [0.5, 0.6) is 5.75 Å². The first-order valence-electron chi connectivity index (χ1n) is 7.32. The molecule has 0 bridgehead atoms. The molecule has 1 aliphatic heterocycles. The van der Waals surface area contributed by atoms with Gasteiger partial charge in [-0.1, -0.05) is 47.5 Å². The van der Waals surface area contributed by atoms with Crippen molar-refractivity contribution >= 4 is 29.6 Å². The molecule has 0 unspecified atom stereocenters. The van der Waals surface area contributed by atoms with Crippen molar-refractivity contribution < 1.29 is 14.7 Å². The zero-order valence-electron chi connectivity index (χ0n) is 12.9. The summed E-state index contributed by atoms with van der Waals surface area (Å²) in [6.07, 6.45) is 1.53. The third-order valence-corrected chi connectivity index (χ3v) is 3.97. The third kappa shape index (κ3) is 3.26. The molecule has 24 heavy (non-hydrogen) atoms. The van der Waals surface area contributed by atoms with Gasteiger partial charge in [0.2, 0.25) is 0 Å². The van der Waals surface area contributed by atoms with Crippen molar-refractivity contribution in [1.29, 1.82) is 0 Å². The maximum atomic E-state index is 12.5. The molecule has 0 atom stereocenters. The Hall–Kier alpha value is -2.79. The number of urea groups is 1. The number of halogens is 1. The predicted octanol–water partition coefficient (Wildman–Crippen LogP) is 3.45. The molecule has 2 N–H and O–H groups in total. The Morgan fingerprint density at radius 2 is 2.00 bits per heavy atom. The molecule has 1 saturated heterocycles. The van der Waals surface area contributed by atoms with Crippen molar-refractivity contribution in [3.63, 3.8) is 0 Å². The molecule has 5 nitrogen and oxygen atoms in total. The SMILES string of the molecule is Cc1cccc(CN2C(=O)N/C(=C/c3ccc(O)c(Cl)c3)C2=O)c1. The highest BCUT2D eigenvalue weighted by Crippen LogP contribution is 2.25. The monoisotopic (exact) mass is 342 g/mol. The van der Waals surface area contributed by atoms with E-state index in [0.717, 1.165) is 16.0 Å². The predicted molar refractivity (Wildman–Crippen MR) is 91.4 cm³/mol. The lowest BCUT2D eigenvalue weighted by Crippen LogP contribution is -2.30. The first-order valence-corrected chi connectivity index (χ1v) is 7.70. The number of benzene rings is 2. The summed E-state index contributed by atoms with van der Waals surface area (Å²) in [4.78, 5) is 25.7. The van der Waals surface area contributed by atoms with Gasteiger partial charge in [0.15, 0.2) is 0 Å². The standard InChI is InChI=1S/C18H15ClN2O3/c1-11-3-2-4-13(7-11)10-21-17(23)15(20-18(21)24)9-12-5-6-16(22)14(19)8-12/h2-9,22H,10H2,1H3,(H,20,24)/b15-9+. The van der Waals surface area contributed by atoms with Crippen LogP contribution < -0.4 is 5.32 Å². The minimum atomic E-state index is -0.461. The van der Waals surface area contributed by atoms with Crippen LogP contribution in [0.3, 0.4) is 0 Å². The van der Waals surface area contributed by atoms with E-state index in [0.29, 0.717) is 5.56 Å². The van der Waals surface area contributed by atoms with E-state index in [1.807, 2.05) is 31.2 Å². The summed E-state index contributed by atoms with van der Waals surface area (Å²) in [6.45, 7) is 2.16. The van der Waals surface area contributed by atoms with E-state index < -0.39 is 11.9 Å². The number of amides is 3. The summed E-state index contributed by atoms with van der Waals surface area (Å²) < 4.78 is 0.